The molecule has 0 fully saturated rings. The molecule has 3 aromatic rings. The molecule has 0 aliphatic rings. The fraction of sp³-hybridized carbons (Fsp3) is 0.0769. The summed E-state index contributed by atoms with van der Waals surface area (Å²) in [5.41, 5.74) is 2.29. The molecule has 0 aliphatic heterocycles. The average molecular weight is 194 g/mol. The summed E-state index contributed by atoms with van der Waals surface area (Å²) >= 11 is 0. The maximum Gasteiger partial charge on any atom is 0.0711 e. The third kappa shape index (κ3) is 1.26. The van der Waals surface area contributed by atoms with Crippen molar-refractivity contribution in [3.05, 3.63) is 48.4 Å². The van der Waals surface area contributed by atoms with Gasteiger partial charge in [-0.2, -0.15) is 0 Å². The molecule has 0 amide bonds. The number of hydrogen-bond donors (Lipinski definition) is 0. The van der Waals surface area contributed by atoms with Crippen LogP contribution >= 0.6 is 0 Å². The van der Waals surface area contributed by atoms with Crippen molar-refractivity contribution >= 4 is 21.7 Å². The number of fused-ring (bicyclic) bond motifs is 3. The lowest BCUT2D eigenvalue weighted by atomic mass is 10.1. The average Bonchev–Trinajstić information content (AvgIpc) is 2.28. The molecule has 0 N–H and O–H groups in total. The van der Waals surface area contributed by atoms with Crippen LogP contribution in [0.1, 0.15) is 5.56 Å². The SMILES string of the molecule is Cc1ccc2c(c1)ncc1cnccc12. The first-order chi connectivity index (χ1) is 7.34. The van der Waals surface area contributed by atoms with Gasteiger partial charge < -0.3 is 0 Å². The molecule has 0 aliphatic carbocycles. The van der Waals surface area contributed by atoms with Crippen LogP contribution < -0.4 is 0 Å². The van der Waals surface area contributed by atoms with E-state index in [1.54, 1.807) is 0 Å². The van der Waals surface area contributed by atoms with Crippen molar-refractivity contribution in [1.29, 1.82) is 0 Å². The van der Waals surface area contributed by atoms with Gasteiger partial charge in [-0.15, -0.1) is 0 Å². The lowest BCUT2D eigenvalue weighted by molar-refractivity contribution is 1.34. The molecule has 0 atom stereocenters. The third-order valence-electron chi connectivity index (χ3n) is 2.64. The number of rotatable bonds is 0. The molecule has 0 bridgehead atoms. The Morgan fingerprint density at radius 2 is 1.93 bits per heavy atom. The van der Waals surface area contributed by atoms with E-state index < -0.39 is 0 Å². The highest BCUT2D eigenvalue weighted by molar-refractivity contribution is 6.04. The van der Waals surface area contributed by atoms with Gasteiger partial charge in [-0.05, 0) is 30.0 Å². The molecule has 1 aromatic carbocycles. The predicted molar refractivity (Wildman–Crippen MR) is 61.8 cm³/mol. The van der Waals surface area contributed by atoms with Crippen LogP contribution in [0.25, 0.3) is 21.7 Å². The number of aryl methyl sites for hydroxylation is 1. The molecule has 2 nitrogen and oxygen atoms in total. The van der Waals surface area contributed by atoms with Crippen molar-refractivity contribution in [2.75, 3.05) is 0 Å². The van der Waals surface area contributed by atoms with Crippen LogP contribution in [0.2, 0.25) is 0 Å². The Bertz CT molecular complexity index is 644. The number of aromatic nitrogens is 2. The number of benzene rings is 1. The minimum atomic E-state index is 1.05. The van der Waals surface area contributed by atoms with Crippen LogP contribution in [0, 0.1) is 6.92 Å². The fourth-order valence-electron chi connectivity index (χ4n) is 1.87. The van der Waals surface area contributed by atoms with Crippen LogP contribution in [-0.4, -0.2) is 9.97 Å². The summed E-state index contributed by atoms with van der Waals surface area (Å²) in [6.45, 7) is 2.08. The van der Waals surface area contributed by atoms with Crippen LogP contribution in [-0.2, 0) is 0 Å². The molecule has 0 saturated heterocycles. The Hall–Kier alpha value is -1.96. The monoisotopic (exact) mass is 194 g/mol. The van der Waals surface area contributed by atoms with Gasteiger partial charge >= 0.3 is 0 Å². The minimum absolute atomic E-state index is 1.05. The molecule has 2 aromatic heterocycles. The summed E-state index contributed by atoms with van der Waals surface area (Å²) < 4.78 is 0. The van der Waals surface area contributed by atoms with Gasteiger partial charge in [-0.3, -0.25) is 9.97 Å². The third-order valence-corrected chi connectivity index (χ3v) is 2.64. The van der Waals surface area contributed by atoms with Gasteiger partial charge in [0.25, 0.3) is 0 Å². The lowest BCUT2D eigenvalue weighted by Gasteiger charge is -2.02. The molecule has 0 radical (unpaired) electrons. The second-order valence-corrected chi connectivity index (χ2v) is 3.74. The molecule has 0 saturated carbocycles. The Kier molecular flexibility index (Phi) is 1.68. The standard InChI is InChI=1S/C13H10N2/c1-9-2-3-12-11-4-5-14-7-10(11)8-15-13(12)6-9/h2-8H,1H3. The first-order valence-corrected chi connectivity index (χ1v) is 4.94. The van der Waals surface area contributed by atoms with Crippen molar-refractivity contribution in [2.45, 2.75) is 6.92 Å². The van der Waals surface area contributed by atoms with Crippen molar-refractivity contribution in [3.8, 4) is 0 Å². The molecular formula is C13H10N2. The maximum atomic E-state index is 4.43. The zero-order chi connectivity index (χ0) is 10.3. The Morgan fingerprint density at radius 3 is 2.87 bits per heavy atom. The highest BCUT2D eigenvalue weighted by Crippen LogP contribution is 2.22. The molecule has 0 spiro atoms. The summed E-state index contributed by atoms with van der Waals surface area (Å²) in [6, 6.07) is 8.38. The van der Waals surface area contributed by atoms with Crippen molar-refractivity contribution < 1.29 is 0 Å². The molecule has 3 rings (SSSR count). The second-order valence-electron chi connectivity index (χ2n) is 3.74. The van der Waals surface area contributed by atoms with E-state index in [-0.39, 0.29) is 0 Å². The van der Waals surface area contributed by atoms with E-state index in [1.807, 2.05) is 24.7 Å². The van der Waals surface area contributed by atoms with E-state index in [2.05, 4.69) is 35.1 Å². The van der Waals surface area contributed by atoms with Crippen LogP contribution in [0.3, 0.4) is 0 Å². The lowest BCUT2D eigenvalue weighted by Crippen LogP contribution is -1.83. The predicted octanol–water partition coefficient (Wildman–Crippen LogP) is 3.09. The number of pyridine rings is 2. The summed E-state index contributed by atoms with van der Waals surface area (Å²) in [6.07, 6.45) is 5.55. The van der Waals surface area contributed by atoms with Crippen molar-refractivity contribution in [2.24, 2.45) is 0 Å². The second kappa shape index (κ2) is 3.02. The van der Waals surface area contributed by atoms with E-state index >= 15 is 0 Å². The van der Waals surface area contributed by atoms with Gasteiger partial charge in [0.2, 0.25) is 0 Å². The van der Waals surface area contributed by atoms with Crippen molar-refractivity contribution in [1.82, 2.24) is 9.97 Å². The summed E-state index contributed by atoms with van der Waals surface area (Å²) in [5, 5.41) is 3.50. The van der Waals surface area contributed by atoms with E-state index in [4.69, 9.17) is 0 Å². The minimum Gasteiger partial charge on any atom is -0.264 e. The fourth-order valence-corrected chi connectivity index (χ4v) is 1.87. The Labute approximate surface area is 87.6 Å². The summed E-state index contributed by atoms with van der Waals surface area (Å²) in [7, 11) is 0. The van der Waals surface area contributed by atoms with Gasteiger partial charge in [-0.25, -0.2) is 0 Å². The van der Waals surface area contributed by atoms with Gasteiger partial charge in [0.05, 0.1) is 5.52 Å². The quantitative estimate of drug-likeness (QED) is 0.514. The van der Waals surface area contributed by atoms with E-state index in [0.29, 0.717) is 0 Å². The summed E-state index contributed by atoms with van der Waals surface area (Å²) in [5.74, 6) is 0. The molecule has 2 heteroatoms. The van der Waals surface area contributed by atoms with E-state index in [0.717, 1.165) is 10.9 Å². The Balaban J connectivity index is 2.55. The van der Waals surface area contributed by atoms with Gasteiger partial charge in [-0.1, -0.05) is 12.1 Å². The molecule has 2 heterocycles. The van der Waals surface area contributed by atoms with E-state index in [9.17, 15) is 0 Å². The van der Waals surface area contributed by atoms with E-state index in [1.165, 1.54) is 16.3 Å². The first kappa shape index (κ1) is 8.36. The Morgan fingerprint density at radius 1 is 1.00 bits per heavy atom. The topological polar surface area (TPSA) is 25.8 Å². The number of hydrogen-bond acceptors (Lipinski definition) is 2. The van der Waals surface area contributed by atoms with Crippen LogP contribution in [0.5, 0.6) is 0 Å². The highest BCUT2D eigenvalue weighted by atomic mass is 14.7. The highest BCUT2D eigenvalue weighted by Gasteiger charge is 2.00. The molecule has 0 unspecified atom stereocenters. The van der Waals surface area contributed by atoms with Crippen LogP contribution in [0.4, 0.5) is 0 Å². The largest absolute Gasteiger partial charge is 0.264 e. The molecule has 15 heavy (non-hydrogen) atoms. The smallest absolute Gasteiger partial charge is 0.0711 e. The number of nitrogens with zero attached hydrogens (tertiary/aromatic N) is 2. The van der Waals surface area contributed by atoms with Crippen LogP contribution in [0.15, 0.2) is 42.9 Å². The first-order valence-electron chi connectivity index (χ1n) is 4.94. The van der Waals surface area contributed by atoms with Gasteiger partial charge in [0, 0.05) is 29.4 Å². The zero-order valence-electron chi connectivity index (χ0n) is 8.44. The zero-order valence-corrected chi connectivity index (χ0v) is 8.44. The van der Waals surface area contributed by atoms with Gasteiger partial charge in [0.15, 0.2) is 0 Å². The summed E-state index contributed by atoms with van der Waals surface area (Å²) in [4.78, 5) is 8.53. The molecular weight excluding hydrogens is 184 g/mol. The van der Waals surface area contributed by atoms with Crippen molar-refractivity contribution in [3.63, 3.8) is 0 Å². The molecule has 72 valence electrons. The normalized spacial score (nSPS) is 11.0. The maximum absolute atomic E-state index is 4.43. The van der Waals surface area contributed by atoms with Gasteiger partial charge in [0.1, 0.15) is 0 Å².